The van der Waals surface area contributed by atoms with Crippen molar-refractivity contribution < 1.29 is 4.42 Å². The van der Waals surface area contributed by atoms with Crippen LogP contribution in [0.4, 0.5) is 11.6 Å². The quantitative estimate of drug-likeness (QED) is 0.927. The summed E-state index contributed by atoms with van der Waals surface area (Å²) >= 11 is 0. The SMILES string of the molecule is CCc1ccc(C2CCCN2c2cc(NC)ncn2)o1. The fraction of sp³-hybridized carbons (Fsp3) is 0.467. The minimum atomic E-state index is 0.287. The first-order chi connectivity index (χ1) is 9.81. The maximum Gasteiger partial charge on any atom is 0.134 e. The molecule has 1 aliphatic rings. The Morgan fingerprint density at radius 1 is 1.40 bits per heavy atom. The average Bonchev–Trinajstić information content (AvgIpc) is 3.15. The largest absolute Gasteiger partial charge is 0.464 e. The number of furan rings is 1. The van der Waals surface area contributed by atoms with Crippen LogP contribution < -0.4 is 10.2 Å². The minimum absolute atomic E-state index is 0.287. The third-order valence-corrected chi connectivity index (χ3v) is 3.82. The van der Waals surface area contributed by atoms with Crippen LogP contribution in [0.1, 0.15) is 37.3 Å². The molecule has 106 valence electrons. The smallest absolute Gasteiger partial charge is 0.134 e. The highest BCUT2D eigenvalue weighted by Gasteiger charge is 2.29. The second-order valence-corrected chi connectivity index (χ2v) is 5.02. The summed E-state index contributed by atoms with van der Waals surface area (Å²) < 4.78 is 5.92. The predicted molar refractivity (Wildman–Crippen MR) is 79.0 cm³/mol. The van der Waals surface area contributed by atoms with Crippen LogP contribution in [0, 0.1) is 0 Å². The predicted octanol–water partition coefficient (Wildman–Crippen LogP) is 3.02. The van der Waals surface area contributed by atoms with Crippen molar-refractivity contribution in [2.75, 3.05) is 23.8 Å². The van der Waals surface area contributed by atoms with Crippen LogP contribution >= 0.6 is 0 Å². The van der Waals surface area contributed by atoms with E-state index in [1.165, 1.54) is 0 Å². The molecule has 5 nitrogen and oxygen atoms in total. The standard InChI is InChI=1S/C15H20N4O/c1-3-11-6-7-13(20-11)12-5-4-8-19(12)15-9-14(16-2)17-10-18-15/h6-7,9-10,12H,3-5,8H2,1-2H3,(H,16,17,18). The van der Waals surface area contributed by atoms with Gasteiger partial charge in [0.1, 0.15) is 29.5 Å². The topological polar surface area (TPSA) is 54.2 Å². The van der Waals surface area contributed by atoms with Crippen molar-refractivity contribution >= 4 is 11.6 Å². The molecule has 1 saturated heterocycles. The highest BCUT2D eigenvalue weighted by molar-refractivity contribution is 5.50. The normalized spacial score (nSPS) is 18.5. The Bertz CT molecular complexity index is 581. The number of anilines is 2. The Kier molecular flexibility index (Phi) is 3.58. The van der Waals surface area contributed by atoms with E-state index in [1.54, 1.807) is 6.33 Å². The average molecular weight is 272 g/mol. The number of aryl methyl sites for hydroxylation is 1. The van der Waals surface area contributed by atoms with Crippen LogP contribution in [0.25, 0.3) is 0 Å². The molecule has 2 aromatic rings. The number of rotatable bonds is 4. The third-order valence-electron chi connectivity index (χ3n) is 3.82. The van der Waals surface area contributed by atoms with E-state index in [-0.39, 0.29) is 6.04 Å². The second-order valence-electron chi connectivity index (χ2n) is 5.02. The molecular weight excluding hydrogens is 252 g/mol. The lowest BCUT2D eigenvalue weighted by molar-refractivity contribution is 0.434. The van der Waals surface area contributed by atoms with Gasteiger partial charge in [-0.2, -0.15) is 0 Å². The van der Waals surface area contributed by atoms with Gasteiger partial charge in [-0.25, -0.2) is 9.97 Å². The van der Waals surface area contributed by atoms with E-state index in [2.05, 4.69) is 39.2 Å². The Morgan fingerprint density at radius 2 is 2.30 bits per heavy atom. The van der Waals surface area contributed by atoms with Gasteiger partial charge < -0.3 is 14.6 Å². The zero-order chi connectivity index (χ0) is 13.9. The molecule has 1 unspecified atom stereocenters. The molecule has 0 radical (unpaired) electrons. The number of hydrogen-bond acceptors (Lipinski definition) is 5. The lowest BCUT2D eigenvalue weighted by Gasteiger charge is -2.24. The molecule has 1 N–H and O–H groups in total. The van der Waals surface area contributed by atoms with E-state index in [4.69, 9.17) is 4.42 Å². The van der Waals surface area contributed by atoms with E-state index in [9.17, 15) is 0 Å². The molecular formula is C15H20N4O. The Labute approximate surface area is 119 Å². The van der Waals surface area contributed by atoms with Crippen molar-refractivity contribution in [3.8, 4) is 0 Å². The van der Waals surface area contributed by atoms with Gasteiger partial charge in [-0.1, -0.05) is 6.92 Å². The van der Waals surface area contributed by atoms with E-state index >= 15 is 0 Å². The van der Waals surface area contributed by atoms with Gasteiger partial charge in [-0.05, 0) is 25.0 Å². The molecule has 3 rings (SSSR count). The third kappa shape index (κ3) is 2.35. The molecule has 20 heavy (non-hydrogen) atoms. The lowest BCUT2D eigenvalue weighted by Crippen LogP contribution is -2.23. The van der Waals surface area contributed by atoms with Gasteiger partial charge in [0.25, 0.3) is 0 Å². The Morgan fingerprint density at radius 3 is 3.05 bits per heavy atom. The van der Waals surface area contributed by atoms with Gasteiger partial charge in [0.2, 0.25) is 0 Å². The van der Waals surface area contributed by atoms with Crippen LogP contribution in [0.3, 0.4) is 0 Å². The fourth-order valence-electron chi connectivity index (χ4n) is 2.74. The maximum atomic E-state index is 5.92. The molecule has 1 fully saturated rings. The van der Waals surface area contributed by atoms with Crippen molar-refractivity contribution in [1.82, 2.24) is 9.97 Å². The van der Waals surface area contributed by atoms with Gasteiger partial charge >= 0.3 is 0 Å². The van der Waals surface area contributed by atoms with Gasteiger partial charge in [0.05, 0.1) is 6.04 Å². The summed E-state index contributed by atoms with van der Waals surface area (Å²) in [6.45, 7) is 3.12. The molecule has 1 aliphatic heterocycles. The summed E-state index contributed by atoms with van der Waals surface area (Å²) in [6.07, 6.45) is 4.81. The monoisotopic (exact) mass is 272 g/mol. The molecule has 5 heteroatoms. The molecule has 1 atom stereocenters. The van der Waals surface area contributed by atoms with Crippen molar-refractivity contribution in [1.29, 1.82) is 0 Å². The van der Waals surface area contributed by atoms with Gasteiger partial charge in [0.15, 0.2) is 0 Å². The summed E-state index contributed by atoms with van der Waals surface area (Å²) in [5.74, 6) is 3.89. The number of aromatic nitrogens is 2. The molecule has 2 aromatic heterocycles. The first kappa shape index (κ1) is 13.0. The van der Waals surface area contributed by atoms with Crippen molar-refractivity contribution in [3.63, 3.8) is 0 Å². The summed E-state index contributed by atoms with van der Waals surface area (Å²) in [7, 11) is 1.87. The molecule has 0 aliphatic carbocycles. The molecule has 3 heterocycles. The van der Waals surface area contributed by atoms with Crippen LogP contribution in [-0.4, -0.2) is 23.6 Å². The van der Waals surface area contributed by atoms with Crippen LogP contribution in [0.5, 0.6) is 0 Å². The van der Waals surface area contributed by atoms with Gasteiger partial charge in [-0.3, -0.25) is 0 Å². The first-order valence-corrected chi connectivity index (χ1v) is 7.17. The number of hydrogen-bond donors (Lipinski definition) is 1. The zero-order valence-electron chi connectivity index (χ0n) is 12.0. The lowest BCUT2D eigenvalue weighted by atomic mass is 10.1. The highest BCUT2D eigenvalue weighted by Crippen LogP contribution is 2.36. The summed E-state index contributed by atoms with van der Waals surface area (Å²) in [5, 5.41) is 3.06. The fourth-order valence-corrected chi connectivity index (χ4v) is 2.74. The number of nitrogens with zero attached hydrogens (tertiary/aromatic N) is 3. The van der Waals surface area contributed by atoms with E-state index in [0.717, 1.165) is 49.0 Å². The van der Waals surface area contributed by atoms with Gasteiger partial charge in [-0.15, -0.1) is 0 Å². The molecule has 0 amide bonds. The maximum absolute atomic E-state index is 5.92. The Balaban J connectivity index is 1.87. The molecule has 0 saturated carbocycles. The summed E-state index contributed by atoms with van der Waals surface area (Å²) in [4.78, 5) is 10.9. The highest BCUT2D eigenvalue weighted by atomic mass is 16.3. The number of nitrogens with one attached hydrogen (secondary N) is 1. The van der Waals surface area contributed by atoms with E-state index in [0.29, 0.717) is 0 Å². The van der Waals surface area contributed by atoms with E-state index < -0.39 is 0 Å². The van der Waals surface area contributed by atoms with Gasteiger partial charge in [0, 0.05) is 26.1 Å². The first-order valence-electron chi connectivity index (χ1n) is 7.17. The van der Waals surface area contributed by atoms with Crippen LogP contribution in [-0.2, 0) is 6.42 Å². The minimum Gasteiger partial charge on any atom is -0.464 e. The molecule has 0 bridgehead atoms. The second kappa shape index (κ2) is 5.53. The molecule has 0 spiro atoms. The summed E-state index contributed by atoms with van der Waals surface area (Å²) in [6, 6.07) is 6.45. The van der Waals surface area contributed by atoms with E-state index in [1.807, 2.05) is 13.1 Å². The van der Waals surface area contributed by atoms with Crippen LogP contribution in [0.15, 0.2) is 28.9 Å². The Hall–Kier alpha value is -2.04. The summed E-state index contributed by atoms with van der Waals surface area (Å²) in [5.41, 5.74) is 0. The molecule has 0 aromatic carbocycles. The van der Waals surface area contributed by atoms with Crippen molar-refractivity contribution in [2.45, 2.75) is 32.2 Å². The van der Waals surface area contributed by atoms with Crippen LogP contribution in [0.2, 0.25) is 0 Å². The van der Waals surface area contributed by atoms with Crippen molar-refractivity contribution in [2.24, 2.45) is 0 Å². The van der Waals surface area contributed by atoms with Crippen molar-refractivity contribution in [3.05, 3.63) is 36.0 Å². The zero-order valence-corrected chi connectivity index (χ0v) is 12.0.